The van der Waals surface area contributed by atoms with Gasteiger partial charge in [0.2, 0.25) is 0 Å². The van der Waals surface area contributed by atoms with Gasteiger partial charge < -0.3 is 5.11 Å². The maximum atomic E-state index is 10.4. The van der Waals surface area contributed by atoms with Crippen LogP contribution < -0.4 is 0 Å². The second-order valence-electron chi connectivity index (χ2n) is 4.17. The van der Waals surface area contributed by atoms with Crippen molar-refractivity contribution in [2.45, 2.75) is 24.9 Å². The van der Waals surface area contributed by atoms with E-state index in [1.807, 2.05) is 12.1 Å². The Kier molecular flexibility index (Phi) is 1.59. The molecule has 2 aliphatic carbocycles. The molecule has 0 spiro atoms. The van der Waals surface area contributed by atoms with Gasteiger partial charge in [0.15, 0.2) is 0 Å². The lowest BCUT2D eigenvalue weighted by Crippen LogP contribution is -2.23. The van der Waals surface area contributed by atoms with Crippen molar-refractivity contribution >= 4 is 22.9 Å². The molecule has 0 aliphatic heterocycles. The smallest absolute Gasteiger partial charge is 0.102 e. The zero-order valence-electron chi connectivity index (χ0n) is 7.16. The van der Waals surface area contributed by atoms with Gasteiger partial charge in [0.25, 0.3) is 0 Å². The first-order valence-electron chi connectivity index (χ1n) is 4.68. The molecule has 1 nitrogen and oxygen atoms in total. The van der Waals surface area contributed by atoms with E-state index in [1.54, 1.807) is 0 Å². The van der Waals surface area contributed by atoms with Crippen molar-refractivity contribution in [1.82, 2.24) is 0 Å². The molecule has 0 amide bonds. The fraction of sp³-hybridized carbons (Fsp3) is 0.600. The molecule has 0 radical (unpaired) electrons. The Morgan fingerprint density at radius 3 is 2.85 bits per heavy atom. The molecule has 3 atom stereocenters. The minimum absolute atomic E-state index is 0.525. The summed E-state index contributed by atoms with van der Waals surface area (Å²) in [5.74, 6) is 1.33. The van der Waals surface area contributed by atoms with E-state index in [0.717, 1.165) is 21.6 Å². The molecule has 3 heteroatoms. The lowest BCUT2D eigenvalue weighted by molar-refractivity contribution is 0.0244. The summed E-state index contributed by atoms with van der Waals surface area (Å²) in [6.07, 6.45) is 3.34. The van der Waals surface area contributed by atoms with Gasteiger partial charge in [-0.25, -0.2) is 0 Å². The van der Waals surface area contributed by atoms with E-state index >= 15 is 0 Å². The lowest BCUT2D eigenvalue weighted by Gasteiger charge is -2.22. The molecule has 70 valence electrons. The molecular formula is C10H11ClOS. The van der Waals surface area contributed by atoms with Gasteiger partial charge in [0.1, 0.15) is 5.60 Å². The number of aliphatic hydroxyl groups is 1. The summed E-state index contributed by atoms with van der Waals surface area (Å²) in [4.78, 5) is 1.07. The fourth-order valence-electron chi connectivity index (χ4n) is 2.60. The van der Waals surface area contributed by atoms with Crippen molar-refractivity contribution in [2.24, 2.45) is 11.8 Å². The average Bonchev–Trinajstić information content (AvgIpc) is 2.66. The third-order valence-electron chi connectivity index (χ3n) is 3.43. The number of rotatable bonds is 1. The van der Waals surface area contributed by atoms with E-state index < -0.39 is 5.60 Å². The van der Waals surface area contributed by atoms with Crippen LogP contribution in [0.1, 0.15) is 24.1 Å². The molecule has 0 bridgehead atoms. The predicted molar refractivity (Wildman–Crippen MR) is 54.1 cm³/mol. The third kappa shape index (κ3) is 1.09. The predicted octanol–water partition coefficient (Wildman–Crippen LogP) is 3.02. The van der Waals surface area contributed by atoms with Crippen molar-refractivity contribution in [2.75, 3.05) is 0 Å². The number of hydrogen-bond acceptors (Lipinski definition) is 2. The average molecular weight is 215 g/mol. The van der Waals surface area contributed by atoms with Crippen LogP contribution >= 0.6 is 22.9 Å². The summed E-state index contributed by atoms with van der Waals surface area (Å²) >= 11 is 7.40. The summed E-state index contributed by atoms with van der Waals surface area (Å²) in [6, 6.07) is 3.86. The van der Waals surface area contributed by atoms with Crippen molar-refractivity contribution in [3.05, 3.63) is 21.3 Å². The van der Waals surface area contributed by atoms with Crippen molar-refractivity contribution in [1.29, 1.82) is 0 Å². The molecule has 3 unspecified atom stereocenters. The summed E-state index contributed by atoms with van der Waals surface area (Å²) in [5.41, 5.74) is -0.525. The zero-order chi connectivity index (χ0) is 9.05. The molecule has 1 aromatic heterocycles. The number of halogens is 1. The van der Waals surface area contributed by atoms with Crippen LogP contribution in [0.2, 0.25) is 4.34 Å². The molecule has 1 heterocycles. The van der Waals surface area contributed by atoms with E-state index in [9.17, 15) is 5.11 Å². The van der Waals surface area contributed by atoms with Gasteiger partial charge in [0.05, 0.1) is 4.34 Å². The van der Waals surface area contributed by atoms with Crippen LogP contribution in [0.25, 0.3) is 0 Å². The first-order chi connectivity index (χ1) is 6.20. The van der Waals surface area contributed by atoms with Crippen molar-refractivity contribution in [3.8, 4) is 0 Å². The van der Waals surface area contributed by atoms with Crippen LogP contribution in [0.15, 0.2) is 12.1 Å². The van der Waals surface area contributed by atoms with Gasteiger partial charge in [0, 0.05) is 4.88 Å². The second kappa shape index (κ2) is 2.50. The van der Waals surface area contributed by atoms with E-state index in [2.05, 4.69) is 0 Å². The molecule has 1 aromatic rings. The Balaban J connectivity index is 1.99. The van der Waals surface area contributed by atoms with E-state index in [1.165, 1.54) is 24.2 Å². The van der Waals surface area contributed by atoms with Crippen LogP contribution in [-0.4, -0.2) is 5.11 Å². The Morgan fingerprint density at radius 1 is 1.54 bits per heavy atom. The number of thiophene rings is 1. The molecule has 2 saturated carbocycles. The molecule has 1 N–H and O–H groups in total. The summed E-state index contributed by atoms with van der Waals surface area (Å²) in [5, 5.41) is 10.4. The largest absolute Gasteiger partial charge is 0.384 e. The van der Waals surface area contributed by atoms with Crippen molar-refractivity contribution in [3.63, 3.8) is 0 Å². The first kappa shape index (κ1) is 8.27. The molecule has 13 heavy (non-hydrogen) atoms. The monoisotopic (exact) mass is 214 g/mol. The zero-order valence-corrected chi connectivity index (χ0v) is 8.74. The van der Waals surface area contributed by atoms with E-state index in [4.69, 9.17) is 11.6 Å². The molecular weight excluding hydrogens is 204 g/mol. The quantitative estimate of drug-likeness (QED) is 0.762. The lowest BCUT2D eigenvalue weighted by atomic mass is 9.96. The van der Waals surface area contributed by atoms with Gasteiger partial charge in [-0.3, -0.25) is 0 Å². The molecule has 0 aromatic carbocycles. The highest BCUT2D eigenvalue weighted by Crippen LogP contribution is 2.62. The highest BCUT2D eigenvalue weighted by Gasteiger charge is 2.58. The summed E-state index contributed by atoms with van der Waals surface area (Å²) in [6.45, 7) is 0. The fourth-order valence-corrected chi connectivity index (χ4v) is 3.82. The van der Waals surface area contributed by atoms with Gasteiger partial charge >= 0.3 is 0 Å². The van der Waals surface area contributed by atoms with Crippen LogP contribution in [0, 0.1) is 11.8 Å². The Hall–Kier alpha value is -0.0500. The Labute approximate surface area is 86.3 Å². The first-order valence-corrected chi connectivity index (χ1v) is 5.88. The summed E-state index contributed by atoms with van der Waals surface area (Å²) in [7, 11) is 0. The molecule has 2 aliphatic rings. The third-order valence-corrected chi connectivity index (χ3v) is 4.83. The van der Waals surface area contributed by atoms with Crippen LogP contribution in [-0.2, 0) is 5.60 Å². The topological polar surface area (TPSA) is 20.2 Å². The molecule has 2 fully saturated rings. The number of hydrogen-bond donors (Lipinski definition) is 1. The normalized spacial score (nSPS) is 42.0. The van der Waals surface area contributed by atoms with Gasteiger partial charge in [-0.05, 0) is 43.2 Å². The minimum Gasteiger partial charge on any atom is -0.384 e. The van der Waals surface area contributed by atoms with Crippen LogP contribution in [0.3, 0.4) is 0 Å². The van der Waals surface area contributed by atoms with Crippen LogP contribution in [0.5, 0.6) is 0 Å². The van der Waals surface area contributed by atoms with E-state index in [0.29, 0.717) is 5.92 Å². The maximum absolute atomic E-state index is 10.4. The highest BCUT2D eigenvalue weighted by atomic mass is 35.5. The molecule has 3 rings (SSSR count). The van der Waals surface area contributed by atoms with Gasteiger partial charge in [-0.2, -0.15) is 0 Å². The minimum atomic E-state index is -0.525. The van der Waals surface area contributed by atoms with Gasteiger partial charge in [-0.15, -0.1) is 11.3 Å². The van der Waals surface area contributed by atoms with Crippen LogP contribution in [0.4, 0.5) is 0 Å². The maximum Gasteiger partial charge on any atom is 0.102 e. The highest BCUT2D eigenvalue weighted by molar-refractivity contribution is 7.16. The van der Waals surface area contributed by atoms with E-state index in [-0.39, 0.29) is 0 Å². The van der Waals surface area contributed by atoms with Crippen molar-refractivity contribution < 1.29 is 5.11 Å². The number of fused-ring (bicyclic) bond motifs is 1. The second-order valence-corrected chi connectivity index (χ2v) is 5.88. The SMILES string of the molecule is OC1(c2ccc(Cl)s2)CCC2CC21. The summed E-state index contributed by atoms with van der Waals surface area (Å²) < 4.78 is 0.785. The standard InChI is InChI=1S/C10H11ClOS/c11-9-2-1-8(13-9)10(12)4-3-6-5-7(6)10/h1-2,6-7,12H,3-5H2. The Morgan fingerprint density at radius 2 is 2.38 bits per heavy atom. The van der Waals surface area contributed by atoms with Gasteiger partial charge in [-0.1, -0.05) is 11.6 Å². The Bertz CT molecular complexity index is 348. The molecule has 0 saturated heterocycles.